The molecule has 0 spiro atoms. The van der Waals surface area contributed by atoms with Gasteiger partial charge in [0, 0.05) is 25.3 Å². The number of nitrogens with two attached hydrogens (primary N) is 2. The number of methoxy groups -OCH3 is 2. The summed E-state index contributed by atoms with van der Waals surface area (Å²) in [7, 11) is 3.14. The molecule has 4 N–H and O–H groups in total. The Hall–Kier alpha value is -1.92. The quantitative estimate of drug-likeness (QED) is 0.731. The van der Waals surface area contributed by atoms with E-state index in [9.17, 15) is 9.59 Å². The molecule has 0 saturated carbocycles. The summed E-state index contributed by atoms with van der Waals surface area (Å²) >= 11 is 0. The molecule has 0 aromatic heterocycles. The largest absolute Gasteiger partial charge is 0.384 e. The van der Waals surface area contributed by atoms with Gasteiger partial charge in [-0.25, -0.2) is 0 Å². The van der Waals surface area contributed by atoms with Gasteiger partial charge in [-0.15, -0.1) is 0 Å². The molecular weight excluding hydrogens is 272 g/mol. The monoisotopic (exact) mass is 294 g/mol. The molecule has 0 aliphatic heterocycles. The highest BCUT2D eigenvalue weighted by atomic mass is 16.5. The molecule has 116 valence electrons. The van der Waals surface area contributed by atoms with Gasteiger partial charge in [0.15, 0.2) is 0 Å². The SMILES string of the molecule is COCCc1c(C)cc(C(N)=O)c(CCOC)c1C(N)=O. The van der Waals surface area contributed by atoms with E-state index in [1.807, 2.05) is 6.92 Å². The van der Waals surface area contributed by atoms with Crippen LogP contribution in [0.25, 0.3) is 0 Å². The predicted octanol–water partition coefficient (Wildman–Crippen LogP) is 0.571. The zero-order chi connectivity index (χ0) is 16.0. The fraction of sp³-hybridized carbons (Fsp3) is 0.467. The highest BCUT2D eigenvalue weighted by Crippen LogP contribution is 2.24. The molecule has 0 saturated heterocycles. The van der Waals surface area contributed by atoms with Crippen molar-refractivity contribution in [2.45, 2.75) is 19.8 Å². The van der Waals surface area contributed by atoms with Gasteiger partial charge in [-0.3, -0.25) is 9.59 Å². The minimum Gasteiger partial charge on any atom is -0.384 e. The lowest BCUT2D eigenvalue weighted by Gasteiger charge is -2.18. The van der Waals surface area contributed by atoms with Crippen LogP contribution in [0.15, 0.2) is 6.07 Å². The standard InChI is InChI=1S/C15H22N2O4/c1-9-8-12(14(16)18)11(5-7-21-3)13(15(17)19)10(9)4-6-20-2/h8H,4-7H2,1-3H3,(H2,16,18)(H2,17,19). The maximum Gasteiger partial charge on any atom is 0.249 e. The second-order valence-corrected chi connectivity index (χ2v) is 4.79. The second kappa shape index (κ2) is 7.75. The van der Waals surface area contributed by atoms with Gasteiger partial charge in [-0.1, -0.05) is 0 Å². The molecule has 1 rings (SSSR count). The minimum atomic E-state index is -0.579. The van der Waals surface area contributed by atoms with Crippen LogP contribution < -0.4 is 11.5 Å². The number of hydrogen-bond acceptors (Lipinski definition) is 4. The number of hydrogen-bond donors (Lipinski definition) is 2. The zero-order valence-corrected chi connectivity index (χ0v) is 12.7. The molecular formula is C15H22N2O4. The molecule has 0 radical (unpaired) electrons. The summed E-state index contributed by atoms with van der Waals surface area (Å²) in [6.07, 6.45) is 0.937. The van der Waals surface area contributed by atoms with Crippen LogP contribution in [0, 0.1) is 6.92 Å². The molecule has 21 heavy (non-hydrogen) atoms. The Morgan fingerprint density at radius 1 is 1.00 bits per heavy atom. The van der Waals surface area contributed by atoms with E-state index in [4.69, 9.17) is 20.9 Å². The number of carbonyl (C=O) groups is 2. The van der Waals surface area contributed by atoms with Gasteiger partial charge in [0.25, 0.3) is 0 Å². The Morgan fingerprint density at radius 3 is 1.95 bits per heavy atom. The minimum absolute atomic E-state index is 0.319. The van der Waals surface area contributed by atoms with E-state index < -0.39 is 11.8 Å². The van der Waals surface area contributed by atoms with Crippen molar-refractivity contribution < 1.29 is 19.1 Å². The van der Waals surface area contributed by atoms with Crippen molar-refractivity contribution >= 4 is 11.8 Å². The average Bonchev–Trinajstić information content (AvgIpc) is 2.43. The van der Waals surface area contributed by atoms with Crippen molar-refractivity contribution in [1.82, 2.24) is 0 Å². The van der Waals surface area contributed by atoms with Crippen molar-refractivity contribution in [2.75, 3.05) is 27.4 Å². The Labute approximate surface area is 124 Å². The molecule has 1 aromatic rings. The maximum atomic E-state index is 11.9. The molecule has 0 unspecified atom stereocenters. The number of aryl methyl sites for hydroxylation is 1. The molecule has 2 amide bonds. The first-order chi connectivity index (χ1) is 9.93. The Morgan fingerprint density at radius 2 is 1.52 bits per heavy atom. The summed E-state index contributed by atoms with van der Waals surface area (Å²) < 4.78 is 10.1. The van der Waals surface area contributed by atoms with Gasteiger partial charge in [-0.05, 0) is 42.5 Å². The third-order valence-corrected chi connectivity index (χ3v) is 3.39. The first-order valence-corrected chi connectivity index (χ1v) is 6.66. The molecule has 6 nitrogen and oxygen atoms in total. The van der Waals surface area contributed by atoms with E-state index in [1.165, 1.54) is 0 Å². The number of amides is 2. The molecule has 0 atom stereocenters. The van der Waals surface area contributed by atoms with Crippen LogP contribution >= 0.6 is 0 Å². The zero-order valence-electron chi connectivity index (χ0n) is 12.7. The molecule has 6 heteroatoms. The van der Waals surface area contributed by atoms with Crippen LogP contribution in [0.2, 0.25) is 0 Å². The molecule has 0 aliphatic carbocycles. The average molecular weight is 294 g/mol. The number of primary amides is 2. The summed E-state index contributed by atoms with van der Waals surface area (Å²) in [5.41, 5.74) is 13.8. The molecule has 1 aromatic carbocycles. The Bertz CT molecular complexity index is 541. The lowest BCUT2D eigenvalue weighted by atomic mass is 9.88. The number of ether oxygens (including phenoxy) is 2. The van der Waals surface area contributed by atoms with Crippen molar-refractivity contribution in [2.24, 2.45) is 11.5 Å². The first-order valence-electron chi connectivity index (χ1n) is 6.66. The second-order valence-electron chi connectivity index (χ2n) is 4.79. The summed E-state index contributed by atoms with van der Waals surface area (Å²) in [6.45, 7) is 2.65. The fourth-order valence-electron chi connectivity index (χ4n) is 2.41. The Balaban J connectivity index is 3.51. The number of rotatable bonds is 8. The highest BCUT2D eigenvalue weighted by Gasteiger charge is 2.22. The first kappa shape index (κ1) is 17.1. The van der Waals surface area contributed by atoms with Crippen molar-refractivity contribution in [3.05, 3.63) is 33.9 Å². The van der Waals surface area contributed by atoms with Crippen molar-refractivity contribution in [3.63, 3.8) is 0 Å². The van der Waals surface area contributed by atoms with E-state index >= 15 is 0 Å². The third kappa shape index (κ3) is 4.03. The Kier molecular flexibility index (Phi) is 6.33. The summed E-state index contributed by atoms with van der Waals surface area (Å²) in [4.78, 5) is 23.5. The van der Waals surface area contributed by atoms with Gasteiger partial charge < -0.3 is 20.9 Å². The molecule has 0 aliphatic rings. The van der Waals surface area contributed by atoms with Crippen LogP contribution in [0.3, 0.4) is 0 Å². The maximum absolute atomic E-state index is 11.9. The summed E-state index contributed by atoms with van der Waals surface area (Å²) in [5, 5.41) is 0. The van der Waals surface area contributed by atoms with Crippen LogP contribution in [0.5, 0.6) is 0 Å². The normalized spacial score (nSPS) is 10.6. The summed E-state index contributed by atoms with van der Waals surface area (Å²) in [5.74, 6) is -1.15. The lowest BCUT2D eigenvalue weighted by Crippen LogP contribution is -2.24. The van der Waals surface area contributed by atoms with E-state index in [0.29, 0.717) is 42.7 Å². The lowest BCUT2D eigenvalue weighted by molar-refractivity contribution is 0.0997. The topological polar surface area (TPSA) is 105 Å². The van der Waals surface area contributed by atoms with Gasteiger partial charge >= 0.3 is 0 Å². The van der Waals surface area contributed by atoms with E-state index in [1.54, 1.807) is 20.3 Å². The van der Waals surface area contributed by atoms with Gasteiger partial charge in [0.2, 0.25) is 11.8 Å². The fourth-order valence-corrected chi connectivity index (χ4v) is 2.41. The van der Waals surface area contributed by atoms with Crippen LogP contribution in [-0.2, 0) is 22.3 Å². The highest BCUT2D eigenvalue weighted by molar-refractivity contribution is 6.02. The molecule has 0 fully saturated rings. The predicted molar refractivity (Wildman–Crippen MR) is 79.4 cm³/mol. The van der Waals surface area contributed by atoms with Crippen molar-refractivity contribution in [1.29, 1.82) is 0 Å². The van der Waals surface area contributed by atoms with Crippen LogP contribution in [0.4, 0.5) is 0 Å². The number of benzene rings is 1. The summed E-state index contributed by atoms with van der Waals surface area (Å²) in [6, 6.07) is 1.70. The van der Waals surface area contributed by atoms with E-state index in [-0.39, 0.29) is 0 Å². The molecule has 0 heterocycles. The smallest absolute Gasteiger partial charge is 0.249 e. The third-order valence-electron chi connectivity index (χ3n) is 3.39. The van der Waals surface area contributed by atoms with Gasteiger partial charge in [-0.2, -0.15) is 0 Å². The van der Waals surface area contributed by atoms with Gasteiger partial charge in [0.05, 0.1) is 13.2 Å². The van der Waals surface area contributed by atoms with E-state index in [0.717, 1.165) is 11.1 Å². The van der Waals surface area contributed by atoms with Crippen LogP contribution in [-0.4, -0.2) is 39.2 Å². The van der Waals surface area contributed by atoms with Gasteiger partial charge in [0.1, 0.15) is 0 Å². The number of carbonyl (C=O) groups excluding carboxylic acids is 2. The van der Waals surface area contributed by atoms with Crippen molar-refractivity contribution in [3.8, 4) is 0 Å². The van der Waals surface area contributed by atoms with Crippen LogP contribution in [0.1, 0.15) is 37.4 Å². The van der Waals surface area contributed by atoms with E-state index in [2.05, 4.69) is 0 Å². The molecule has 0 bridgehead atoms.